The fourth-order valence-corrected chi connectivity index (χ4v) is 2.58. The van der Waals surface area contributed by atoms with Crippen LogP contribution in [0.4, 0.5) is 11.5 Å². The number of rotatable bonds is 11. The number of methoxy groups -OCH3 is 1. The number of hydrogen-bond donors (Lipinski definition) is 3. The number of hydrogen-bond acceptors (Lipinski definition) is 5. The molecular formula is C21H31N5O2. The van der Waals surface area contributed by atoms with Crippen LogP contribution < -0.4 is 25.4 Å². The zero-order valence-electron chi connectivity index (χ0n) is 17.0. The lowest BCUT2D eigenvalue weighted by Crippen LogP contribution is -2.30. The molecule has 0 unspecified atom stereocenters. The van der Waals surface area contributed by atoms with Gasteiger partial charge in [-0.15, -0.1) is 0 Å². The maximum absolute atomic E-state index is 5.63. The van der Waals surface area contributed by atoms with Gasteiger partial charge in [-0.05, 0) is 51.0 Å². The minimum absolute atomic E-state index is 0.584. The second-order valence-electron chi connectivity index (χ2n) is 6.03. The second-order valence-corrected chi connectivity index (χ2v) is 6.03. The molecule has 0 atom stereocenters. The van der Waals surface area contributed by atoms with E-state index in [0.29, 0.717) is 12.4 Å². The predicted molar refractivity (Wildman–Crippen MR) is 116 cm³/mol. The molecule has 7 nitrogen and oxygen atoms in total. The first-order valence-electron chi connectivity index (χ1n) is 9.77. The standard InChI is InChI=1S/C21H31N5O2/c1-4-22-21(25-15-9-8-14-24-20-10-6-7-13-23-20)26-17-11-12-18(27-3)19(16-17)28-5-2/h6-7,10-13,16H,4-5,8-9,14-15H2,1-3H3,(H,23,24)(H2,22,25,26). The van der Waals surface area contributed by atoms with Gasteiger partial charge in [0.05, 0.1) is 13.7 Å². The molecule has 0 amide bonds. The van der Waals surface area contributed by atoms with Crippen LogP contribution >= 0.6 is 0 Å². The van der Waals surface area contributed by atoms with Gasteiger partial charge in [0, 0.05) is 37.6 Å². The molecule has 7 heteroatoms. The quantitative estimate of drug-likeness (QED) is 0.310. The van der Waals surface area contributed by atoms with E-state index < -0.39 is 0 Å². The number of nitrogens with one attached hydrogen (secondary N) is 3. The fraction of sp³-hybridized carbons (Fsp3) is 0.429. The number of nitrogens with zero attached hydrogens (tertiary/aromatic N) is 2. The Labute approximate surface area is 167 Å². The summed E-state index contributed by atoms with van der Waals surface area (Å²) in [4.78, 5) is 8.90. The summed E-state index contributed by atoms with van der Waals surface area (Å²) in [6, 6.07) is 11.6. The Hall–Kier alpha value is -2.96. The van der Waals surface area contributed by atoms with Gasteiger partial charge in [-0.3, -0.25) is 4.99 Å². The van der Waals surface area contributed by atoms with Crippen LogP contribution in [0, 0.1) is 0 Å². The number of guanidine groups is 1. The van der Waals surface area contributed by atoms with Gasteiger partial charge < -0.3 is 25.4 Å². The first-order chi connectivity index (χ1) is 13.8. The van der Waals surface area contributed by atoms with E-state index in [1.54, 1.807) is 13.3 Å². The van der Waals surface area contributed by atoms with Gasteiger partial charge in [0.2, 0.25) is 0 Å². The van der Waals surface area contributed by atoms with Crippen molar-refractivity contribution in [2.75, 3.05) is 44.0 Å². The highest BCUT2D eigenvalue weighted by Crippen LogP contribution is 2.30. The van der Waals surface area contributed by atoms with E-state index in [1.807, 2.05) is 50.2 Å². The van der Waals surface area contributed by atoms with E-state index in [-0.39, 0.29) is 0 Å². The van der Waals surface area contributed by atoms with E-state index in [0.717, 1.165) is 55.7 Å². The second kappa shape index (κ2) is 12.4. The lowest BCUT2D eigenvalue weighted by atomic mass is 10.2. The van der Waals surface area contributed by atoms with E-state index >= 15 is 0 Å². The summed E-state index contributed by atoms with van der Waals surface area (Å²) >= 11 is 0. The molecule has 0 radical (unpaired) electrons. The number of aromatic nitrogens is 1. The summed E-state index contributed by atoms with van der Waals surface area (Å²) in [7, 11) is 1.64. The van der Waals surface area contributed by atoms with Crippen molar-refractivity contribution in [1.82, 2.24) is 10.3 Å². The van der Waals surface area contributed by atoms with Crippen LogP contribution in [-0.4, -0.2) is 44.3 Å². The van der Waals surface area contributed by atoms with Crippen LogP contribution in [0.15, 0.2) is 47.6 Å². The topological polar surface area (TPSA) is 79.8 Å². The lowest BCUT2D eigenvalue weighted by molar-refractivity contribution is 0.311. The Morgan fingerprint density at radius 3 is 2.71 bits per heavy atom. The molecule has 1 heterocycles. The van der Waals surface area contributed by atoms with Crippen LogP contribution in [0.5, 0.6) is 11.5 Å². The van der Waals surface area contributed by atoms with Crippen LogP contribution in [-0.2, 0) is 0 Å². The molecule has 0 aliphatic heterocycles. The summed E-state index contributed by atoms with van der Waals surface area (Å²) in [5.74, 6) is 3.10. The number of pyridine rings is 1. The Bertz CT molecular complexity index is 722. The Morgan fingerprint density at radius 1 is 1.11 bits per heavy atom. The van der Waals surface area contributed by atoms with Crippen molar-refractivity contribution in [2.24, 2.45) is 4.99 Å². The average Bonchev–Trinajstić information content (AvgIpc) is 2.72. The van der Waals surface area contributed by atoms with Gasteiger partial charge in [-0.25, -0.2) is 4.98 Å². The van der Waals surface area contributed by atoms with Crippen molar-refractivity contribution >= 4 is 17.5 Å². The number of unbranched alkanes of at least 4 members (excludes halogenated alkanes) is 1. The van der Waals surface area contributed by atoms with Gasteiger partial charge >= 0.3 is 0 Å². The zero-order valence-corrected chi connectivity index (χ0v) is 17.0. The number of aliphatic imine (C=N–C) groups is 1. The van der Waals surface area contributed by atoms with Gasteiger partial charge in [0.1, 0.15) is 5.82 Å². The molecule has 0 aliphatic rings. The molecule has 0 spiro atoms. The summed E-state index contributed by atoms with van der Waals surface area (Å²) in [6.07, 6.45) is 3.80. The molecule has 1 aromatic heterocycles. The summed E-state index contributed by atoms with van der Waals surface area (Å²) in [5, 5.41) is 9.90. The largest absolute Gasteiger partial charge is 0.493 e. The third-order valence-corrected chi connectivity index (χ3v) is 3.90. The van der Waals surface area contributed by atoms with Gasteiger partial charge in [0.25, 0.3) is 0 Å². The van der Waals surface area contributed by atoms with Crippen LogP contribution in [0.25, 0.3) is 0 Å². The monoisotopic (exact) mass is 385 g/mol. The maximum Gasteiger partial charge on any atom is 0.195 e. The summed E-state index contributed by atoms with van der Waals surface area (Å²) in [5.41, 5.74) is 0.903. The van der Waals surface area contributed by atoms with E-state index in [1.165, 1.54) is 0 Å². The molecule has 0 saturated carbocycles. The normalized spacial score (nSPS) is 11.0. The van der Waals surface area contributed by atoms with E-state index in [9.17, 15) is 0 Å². The number of anilines is 2. The van der Waals surface area contributed by atoms with Crippen LogP contribution in [0.1, 0.15) is 26.7 Å². The Balaban J connectivity index is 1.83. The molecule has 1 aromatic carbocycles. The first kappa shape index (κ1) is 21.3. The molecule has 0 bridgehead atoms. The molecule has 3 N–H and O–H groups in total. The van der Waals surface area contributed by atoms with Gasteiger partial charge in [-0.2, -0.15) is 0 Å². The fourth-order valence-electron chi connectivity index (χ4n) is 2.58. The Kier molecular flexibility index (Phi) is 9.47. The summed E-state index contributed by atoms with van der Waals surface area (Å²) < 4.78 is 11.0. The maximum atomic E-state index is 5.63. The van der Waals surface area contributed by atoms with Crippen molar-refractivity contribution < 1.29 is 9.47 Å². The van der Waals surface area contributed by atoms with Crippen molar-refractivity contribution in [3.8, 4) is 11.5 Å². The van der Waals surface area contributed by atoms with Crippen molar-refractivity contribution in [3.63, 3.8) is 0 Å². The minimum atomic E-state index is 0.584. The Morgan fingerprint density at radius 2 is 2.00 bits per heavy atom. The van der Waals surface area contributed by atoms with E-state index in [2.05, 4.69) is 25.9 Å². The van der Waals surface area contributed by atoms with Crippen molar-refractivity contribution in [1.29, 1.82) is 0 Å². The lowest BCUT2D eigenvalue weighted by Gasteiger charge is -2.14. The van der Waals surface area contributed by atoms with Crippen molar-refractivity contribution in [2.45, 2.75) is 26.7 Å². The van der Waals surface area contributed by atoms with Gasteiger partial charge in [0.15, 0.2) is 17.5 Å². The molecule has 2 rings (SSSR count). The van der Waals surface area contributed by atoms with Crippen molar-refractivity contribution in [3.05, 3.63) is 42.6 Å². The van der Waals surface area contributed by atoms with Gasteiger partial charge in [-0.1, -0.05) is 6.07 Å². The smallest absolute Gasteiger partial charge is 0.195 e. The molecule has 28 heavy (non-hydrogen) atoms. The van der Waals surface area contributed by atoms with Crippen LogP contribution in [0.3, 0.4) is 0 Å². The summed E-state index contributed by atoms with van der Waals surface area (Å²) in [6.45, 7) is 7.00. The highest BCUT2D eigenvalue weighted by atomic mass is 16.5. The molecular weight excluding hydrogens is 354 g/mol. The third-order valence-electron chi connectivity index (χ3n) is 3.90. The van der Waals surface area contributed by atoms with Crippen LogP contribution in [0.2, 0.25) is 0 Å². The molecule has 0 aliphatic carbocycles. The first-order valence-corrected chi connectivity index (χ1v) is 9.77. The number of ether oxygens (including phenoxy) is 2. The molecule has 152 valence electrons. The average molecular weight is 386 g/mol. The molecule has 0 fully saturated rings. The molecule has 0 saturated heterocycles. The molecule has 2 aromatic rings. The third kappa shape index (κ3) is 7.34. The highest BCUT2D eigenvalue weighted by Gasteiger charge is 2.07. The van der Waals surface area contributed by atoms with E-state index in [4.69, 9.17) is 9.47 Å². The highest BCUT2D eigenvalue weighted by molar-refractivity contribution is 5.93. The zero-order chi connectivity index (χ0) is 20.0. The number of benzene rings is 1. The predicted octanol–water partition coefficient (Wildman–Crippen LogP) is 3.76. The SMILES string of the molecule is CCNC(=NCCCCNc1ccccn1)Nc1ccc(OC)c(OCC)c1. The minimum Gasteiger partial charge on any atom is -0.493 e.